The Bertz CT molecular complexity index is 697. The van der Waals surface area contributed by atoms with Crippen LogP contribution in [0.5, 0.6) is 11.5 Å². The number of ether oxygens (including phenoxy) is 2. The Kier molecular flexibility index (Phi) is 6.37. The van der Waals surface area contributed by atoms with E-state index >= 15 is 0 Å². The van der Waals surface area contributed by atoms with Gasteiger partial charge in [-0.25, -0.2) is 0 Å². The van der Waals surface area contributed by atoms with Crippen molar-refractivity contribution >= 4 is 12.0 Å². The smallest absolute Gasteiger partial charge is 0.244 e. The van der Waals surface area contributed by atoms with E-state index in [2.05, 4.69) is 10.3 Å². The fourth-order valence-electron chi connectivity index (χ4n) is 2.06. The van der Waals surface area contributed by atoms with Gasteiger partial charge in [0, 0.05) is 25.0 Å². The Morgan fingerprint density at radius 3 is 2.79 bits per heavy atom. The van der Waals surface area contributed by atoms with Gasteiger partial charge in [0.15, 0.2) is 11.5 Å². The van der Waals surface area contributed by atoms with Crippen LogP contribution in [0.25, 0.3) is 6.08 Å². The van der Waals surface area contributed by atoms with Gasteiger partial charge in [0.25, 0.3) is 0 Å². The van der Waals surface area contributed by atoms with Crippen molar-refractivity contribution in [3.05, 3.63) is 59.9 Å². The number of nitrogens with one attached hydrogen (secondary N) is 1. The van der Waals surface area contributed by atoms with Crippen LogP contribution in [0.15, 0.2) is 48.8 Å². The van der Waals surface area contributed by atoms with Crippen molar-refractivity contribution in [2.24, 2.45) is 0 Å². The number of nitrogens with zero attached hydrogens (tertiary/aromatic N) is 1. The van der Waals surface area contributed by atoms with E-state index in [4.69, 9.17) is 9.47 Å². The lowest BCUT2D eigenvalue weighted by Crippen LogP contribution is -2.20. The molecule has 1 aromatic carbocycles. The van der Waals surface area contributed by atoms with E-state index in [1.54, 1.807) is 25.6 Å². The summed E-state index contributed by atoms with van der Waals surface area (Å²) in [5.74, 6) is 1.16. The number of carbonyl (C=O) groups is 1. The van der Waals surface area contributed by atoms with E-state index in [-0.39, 0.29) is 12.0 Å². The lowest BCUT2D eigenvalue weighted by Gasteiger charge is -2.13. The third-order valence-corrected chi connectivity index (χ3v) is 3.17. The Morgan fingerprint density at radius 2 is 2.12 bits per heavy atom. The van der Waals surface area contributed by atoms with Gasteiger partial charge in [0.05, 0.1) is 13.2 Å². The van der Waals surface area contributed by atoms with Crippen LogP contribution < -0.4 is 14.8 Å². The Hall–Kier alpha value is -2.82. The number of hydrogen-bond donors (Lipinski definition) is 1. The Morgan fingerprint density at radius 1 is 1.29 bits per heavy atom. The summed E-state index contributed by atoms with van der Waals surface area (Å²) in [6, 6.07) is 9.31. The summed E-state index contributed by atoms with van der Waals surface area (Å²) in [6.45, 7) is 4.36. The van der Waals surface area contributed by atoms with Crippen molar-refractivity contribution in [1.29, 1.82) is 0 Å². The third kappa shape index (κ3) is 5.43. The topological polar surface area (TPSA) is 60.5 Å². The second kappa shape index (κ2) is 8.72. The van der Waals surface area contributed by atoms with Gasteiger partial charge in [-0.05, 0) is 49.2 Å². The monoisotopic (exact) mass is 326 g/mol. The molecule has 0 fully saturated rings. The van der Waals surface area contributed by atoms with E-state index in [1.165, 1.54) is 6.08 Å². The van der Waals surface area contributed by atoms with Crippen LogP contribution in [-0.4, -0.2) is 24.1 Å². The first-order chi connectivity index (χ1) is 11.6. The summed E-state index contributed by atoms with van der Waals surface area (Å²) in [4.78, 5) is 15.9. The predicted molar refractivity (Wildman–Crippen MR) is 93.9 cm³/mol. The molecule has 126 valence electrons. The molecule has 0 aliphatic heterocycles. The molecule has 1 amide bonds. The van der Waals surface area contributed by atoms with Crippen LogP contribution in [0.2, 0.25) is 0 Å². The number of pyridine rings is 1. The molecule has 0 aliphatic rings. The molecule has 5 nitrogen and oxygen atoms in total. The van der Waals surface area contributed by atoms with E-state index in [0.717, 1.165) is 11.1 Å². The summed E-state index contributed by atoms with van der Waals surface area (Å²) in [5, 5.41) is 2.81. The minimum Gasteiger partial charge on any atom is -0.493 e. The molecule has 24 heavy (non-hydrogen) atoms. The number of hydrogen-bond acceptors (Lipinski definition) is 4. The second-order valence-corrected chi connectivity index (χ2v) is 5.49. The lowest BCUT2D eigenvalue weighted by atomic mass is 10.2. The molecule has 1 N–H and O–H groups in total. The van der Waals surface area contributed by atoms with Gasteiger partial charge < -0.3 is 14.8 Å². The third-order valence-electron chi connectivity index (χ3n) is 3.17. The molecule has 0 radical (unpaired) electrons. The number of benzene rings is 1. The van der Waals surface area contributed by atoms with Crippen molar-refractivity contribution in [2.75, 3.05) is 7.11 Å². The van der Waals surface area contributed by atoms with Crippen LogP contribution in [-0.2, 0) is 11.3 Å². The number of amides is 1. The van der Waals surface area contributed by atoms with Gasteiger partial charge in [-0.15, -0.1) is 0 Å². The highest BCUT2D eigenvalue weighted by atomic mass is 16.5. The zero-order chi connectivity index (χ0) is 17.4. The summed E-state index contributed by atoms with van der Waals surface area (Å²) < 4.78 is 11.0. The zero-order valence-electron chi connectivity index (χ0n) is 14.2. The standard InChI is InChI=1S/C19H22N2O3/c1-14(2)24-17-8-6-15(11-18(17)23-3)7-9-19(22)21-13-16-5-4-10-20-12-16/h4-12,14H,13H2,1-3H3,(H,21,22)/b9-7+. The maximum atomic E-state index is 11.9. The number of methoxy groups -OCH3 is 1. The molecule has 0 saturated carbocycles. The summed E-state index contributed by atoms with van der Waals surface area (Å²) in [7, 11) is 1.59. The molecule has 1 heterocycles. The largest absolute Gasteiger partial charge is 0.493 e. The van der Waals surface area contributed by atoms with Crippen LogP contribution in [0, 0.1) is 0 Å². The highest BCUT2D eigenvalue weighted by Gasteiger charge is 2.06. The first kappa shape index (κ1) is 17.5. The molecule has 0 atom stereocenters. The average molecular weight is 326 g/mol. The fraction of sp³-hybridized carbons (Fsp3) is 0.263. The molecule has 2 rings (SSSR count). The minimum absolute atomic E-state index is 0.0681. The maximum Gasteiger partial charge on any atom is 0.244 e. The van der Waals surface area contributed by atoms with Gasteiger partial charge in [-0.3, -0.25) is 9.78 Å². The normalized spacial score (nSPS) is 10.8. The number of rotatable bonds is 7. The second-order valence-electron chi connectivity index (χ2n) is 5.49. The molecule has 0 bridgehead atoms. The van der Waals surface area contributed by atoms with E-state index in [1.807, 2.05) is 44.2 Å². The van der Waals surface area contributed by atoms with Crippen molar-refractivity contribution in [3.8, 4) is 11.5 Å². The predicted octanol–water partition coefficient (Wildman–Crippen LogP) is 3.21. The minimum atomic E-state index is -0.166. The van der Waals surface area contributed by atoms with Crippen LogP contribution in [0.3, 0.4) is 0 Å². The zero-order valence-corrected chi connectivity index (χ0v) is 14.2. The van der Waals surface area contributed by atoms with Crippen molar-refractivity contribution < 1.29 is 14.3 Å². The fourth-order valence-corrected chi connectivity index (χ4v) is 2.06. The van der Waals surface area contributed by atoms with Gasteiger partial charge in [-0.2, -0.15) is 0 Å². The molecule has 2 aromatic rings. The summed E-state index contributed by atoms with van der Waals surface area (Å²) in [5.41, 5.74) is 1.82. The van der Waals surface area contributed by atoms with Crippen LogP contribution in [0.4, 0.5) is 0 Å². The van der Waals surface area contributed by atoms with Gasteiger partial charge in [-0.1, -0.05) is 12.1 Å². The van der Waals surface area contributed by atoms with Gasteiger partial charge >= 0.3 is 0 Å². The molecule has 1 aromatic heterocycles. The van der Waals surface area contributed by atoms with Crippen LogP contribution in [0.1, 0.15) is 25.0 Å². The van der Waals surface area contributed by atoms with Crippen molar-refractivity contribution in [2.45, 2.75) is 26.5 Å². The first-order valence-electron chi connectivity index (χ1n) is 7.78. The lowest BCUT2D eigenvalue weighted by molar-refractivity contribution is -0.116. The summed E-state index contributed by atoms with van der Waals surface area (Å²) >= 11 is 0. The molecule has 0 spiro atoms. The Labute approximate surface area is 142 Å². The number of aromatic nitrogens is 1. The van der Waals surface area contributed by atoms with Crippen molar-refractivity contribution in [1.82, 2.24) is 10.3 Å². The average Bonchev–Trinajstić information content (AvgIpc) is 2.59. The van der Waals surface area contributed by atoms with Crippen LogP contribution >= 0.6 is 0 Å². The van der Waals surface area contributed by atoms with E-state index in [9.17, 15) is 4.79 Å². The van der Waals surface area contributed by atoms with E-state index in [0.29, 0.717) is 18.0 Å². The summed E-state index contributed by atoms with van der Waals surface area (Å²) in [6.07, 6.45) is 6.72. The molecular formula is C19H22N2O3. The van der Waals surface area contributed by atoms with Gasteiger partial charge in [0.2, 0.25) is 5.91 Å². The maximum absolute atomic E-state index is 11.9. The molecule has 0 unspecified atom stereocenters. The molecule has 0 aliphatic carbocycles. The number of carbonyl (C=O) groups excluding carboxylic acids is 1. The Balaban J connectivity index is 1.96. The van der Waals surface area contributed by atoms with Gasteiger partial charge in [0.1, 0.15) is 0 Å². The van der Waals surface area contributed by atoms with Crippen molar-refractivity contribution in [3.63, 3.8) is 0 Å². The first-order valence-corrected chi connectivity index (χ1v) is 7.78. The van der Waals surface area contributed by atoms with E-state index < -0.39 is 0 Å². The highest BCUT2D eigenvalue weighted by molar-refractivity contribution is 5.91. The molecular weight excluding hydrogens is 304 g/mol. The highest BCUT2D eigenvalue weighted by Crippen LogP contribution is 2.29. The molecule has 0 saturated heterocycles. The molecule has 5 heteroatoms. The SMILES string of the molecule is COc1cc(/C=C/C(=O)NCc2cccnc2)ccc1OC(C)C. The quantitative estimate of drug-likeness (QED) is 0.794.